The molecule has 2 heterocycles. The van der Waals surface area contributed by atoms with Gasteiger partial charge in [0, 0.05) is 36.9 Å². The van der Waals surface area contributed by atoms with E-state index in [0.717, 1.165) is 16.7 Å². The van der Waals surface area contributed by atoms with Crippen LogP contribution in [0.15, 0.2) is 188 Å². The third-order valence-electron chi connectivity index (χ3n) is 11.8. The summed E-state index contributed by atoms with van der Waals surface area (Å²) in [6.07, 6.45) is 0. The highest BCUT2D eigenvalue weighted by molar-refractivity contribution is 7.25. The van der Waals surface area contributed by atoms with E-state index in [1.807, 2.05) is 18.2 Å². The second kappa shape index (κ2) is 12.0. The Hall–Kier alpha value is -7.01. The molecule has 0 atom stereocenters. The van der Waals surface area contributed by atoms with E-state index in [4.69, 9.17) is 15.0 Å². The predicted molar refractivity (Wildman–Crippen MR) is 231 cm³/mol. The number of hydrogen-bond acceptors (Lipinski definition) is 4. The fourth-order valence-corrected chi connectivity index (χ4v) is 10.5. The molecule has 8 aromatic carbocycles. The Morgan fingerprint density at radius 3 is 1.39 bits per heavy atom. The summed E-state index contributed by atoms with van der Waals surface area (Å²) in [5.74, 6) is 1.96. The molecule has 56 heavy (non-hydrogen) atoms. The molecule has 2 aromatic heterocycles. The second-order valence-corrected chi connectivity index (χ2v) is 15.8. The third kappa shape index (κ3) is 4.42. The Bertz CT molecular complexity index is 3150. The standard InChI is InChI=1S/C52H31N3S/c1-2-14-32(15-3-1)49-53-50(55-51(54-49)34-27-29-42-41-21-9-13-25-47(41)56-48(42)31-34)33-26-28-40-39-20-8-12-24-45(39)52(46(40)30-33)43-22-10-6-18-37(43)35-16-4-5-17-36(35)38-19-7-11-23-44(38)52/h1-31H. The first-order chi connectivity index (χ1) is 27.8. The van der Waals surface area contributed by atoms with E-state index in [-0.39, 0.29) is 0 Å². The monoisotopic (exact) mass is 729 g/mol. The SMILES string of the molecule is c1ccc(-c2nc(-c3ccc4c(c3)C3(c5ccccc5-c5ccccc5-c5ccccc53)c3ccccc3-4)nc(-c3ccc4c(c3)sc3ccccc34)n2)cc1. The molecule has 2 aliphatic carbocycles. The van der Waals surface area contributed by atoms with Gasteiger partial charge in [-0.15, -0.1) is 11.3 Å². The highest BCUT2D eigenvalue weighted by Crippen LogP contribution is 2.61. The number of nitrogens with zero attached hydrogens (tertiary/aromatic N) is 3. The quantitative estimate of drug-likeness (QED) is 0.182. The van der Waals surface area contributed by atoms with Gasteiger partial charge in [0.2, 0.25) is 0 Å². The van der Waals surface area contributed by atoms with Gasteiger partial charge in [0.1, 0.15) is 0 Å². The molecule has 0 bridgehead atoms. The van der Waals surface area contributed by atoms with Crippen molar-refractivity contribution in [3.05, 3.63) is 210 Å². The van der Waals surface area contributed by atoms with E-state index in [9.17, 15) is 0 Å². The molecule has 0 N–H and O–H groups in total. The van der Waals surface area contributed by atoms with E-state index >= 15 is 0 Å². The lowest BCUT2D eigenvalue weighted by atomic mass is 9.66. The number of aromatic nitrogens is 3. The van der Waals surface area contributed by atoms with E-state index in [1.54, 1.807) is 11.3 Å². The van der Waals surface area contributed by atoms with Gasteiger partial charge in [-0.25, -0.2) is 15.0 Å². The smallest absolute Gasteiger partial charge is 0.164 e. The third-order valence-corrected chi connectivity index (χ3v) is 12.9. The zero-order chi connectivity index (χ0) is 36.8. The Labute approximate surface area is 328 Å². The zero-order valence-electron chi connectivity index (χ0n) is 30.1. The molecule has 1 spiro atoms. The molecule has 10 aromatic rings. The Kier molecular flexibility index (Phi) is 6.72. The molecule has 4 heteroatoms. The van der Waals surface area contributed by atoms with Crippen molar-refractivity contribution in [3.8, 4) is 67.5 Å². The van der Waals surface area contributed by atoms with Gasteiger partial charge in [0.25, 0.3) is 0 Å². The Morgan fingerprint density at radius 2 is 0.750 bits per heavy atom. The van der Waals surface area contributed by atoms with Crippen molar-refractivity contribution in [2.75, 3.05) is 0 Å². The Balaban J connectivity index is 1.13. The van der Waals surface area contributed by atoms with Gasteiger partial charge in [0.05, 0.1) is 5.41 Å². The maximum Gasteiger partial charge on any atom is 0.164 e. The average Bonchev–Trinajstić information content (AvgIpc) is 3.76. The minimum atomic E-state index is -0.585. The molecule has 0 saturated carbocycles. The number of benzene rings is 8. The summed E-state index contributed by atoms with van der Waals surface area (Å²) in [6, 6.07) is 68.1. The van der Waals surface area contributed by atoms with Gasteiger partial charge in [-0.1, -0.05) is 170 Å². The average molecular weight is 730 g/mol. The van der Waals surface area contributed by atoms with Crippen molar-refractivity contribution in [2.24, 2.45) is 0 Å². The fraction of sp³-hybridized carbons (Fsp3) is 0.0192. The summed E-state index contributed by atoms with van der Waals surface area (Å²) in [5, 5.41) is 2.53. The van der Waals surface area contributed by atoms with Crippen molar-refractivity contribution in [1.82, 2.24) is 15.0 Å². The van der Waals surface area contributed by atoms with Crippen LogP contribution in [0.4, 0.5) is 0 Å². The molecule has 0 saturated heterocycles. The first kappa shape index (κ1) is 31.4. The maximum absolute atomic E-state index is 5.29. The minimum absolute atomic E-state index is 0.585. The summed E-state index contributed by atoms with van der Waals surface area (Å²) in [4.78, 5) is 15.6. The summed E-state index contributed by atoms with van der Waals surface area (Å²) >= 11 is 1.81. The summed E-state index contributed by atoms with van der Waals surface area (Å²) in [5.41, 5.74) is 14.9. The van der Waals surface area contributed by atoms with Crippen LogP contribution in [0.5, 0.6) is 0 Å². The largest absolute Gasteiger partial charge is 0.208 e. The Morgan fingerprint density at radius 1 is 0.304 bits per heavy atom. The molecule has 260 valence electrons. The van der Waals surface area contributed by atoms with Crippen LogP contribution in [0.3, 0.4) is 0 Å². The molecule has 0 unspecified atom stereocenters. The summed E-state index contributed by atoms with van der Waals surface area (Å²) in [6.45, 7) is 0. The van der Waals surface area contributed by atoms with Gasteiger partial charge in [-0.3, -0.25) is 0 Å². The van der Waals surface area contributed by atoms with Gasteiger partial charge in [-0.2, -0.15) is 0 Å². The van der Waals surface area contributed by atoms with Gasteiger partial charge >= 0.3 is 0 Å². The van der Waals surface area contributed by atoms with E-state index in [2.05, 4.69) is 170 Å². The zero-order valence-corrected chi connectivity index (χ0v) is 31.0. The molecule has 0 aliphatic heterocycles. The second-order valence-electron chi connectivity index (χ2n) is 14.7. The molecular formula is C52H31N3S. The van der Waals surface area contributed by atoms with Gasteiger partial charge < -0.3 is 0 Å². The number of hydrogen-bond donors (Lipinski definition) is 0. The predicted octanol–water partition coefficient (Wildman–Crippen LogP) is 13.3. The van der Waals surface area contributed by atoms with Gasteiger partial charge in [-0.05, 0) is 73.8 Å². The normalized spacial score (nSPS) is 13.1. The molecule has 2 aliphatic rings. The van der Waals surface area contributed by atoms with Crippen LogP contribution in [-0.2, 0) is 5.41 Å². The molecular weight excluding hydrogens is 699 g/mol. The van der Waals surface area contributed by atoms with E-state index in [1.165, 1.54) is 75.8 Å². The van der Waals surface area contributed by atoms with Crippen LogP contribution in [-0.4, -0.2) is 15.0 Å². The lowest BCUT2D eigenvalue weighted by Gasteiger charge is -2.35. The number of fused-ring (bicyclic) bond motifs is 15. The number of thiophene rings is 1. The molecule has 3 nitrogen and oxygen atoms in total. The van der Waals surface area contributed by atoms with E-state index < -0.39 is 5.41 Å². The fourth-order valence-electron chi connectivity index (χ4n) is 9.40. The van der Waals surface area contributed by atoms with Gasteiger partial charge in [0.15, 0.2) is 17.5 Å². The summed E-state index contributed by atoms with van der Waals surface area (Å²) < 4.78 is 2.50. The highest BCUT2D eigenvalue weighted by atomic mass is 32.1. The van der Waals surface area contributed by atoms with Crippen molar-refractivity contribution in [2.45, 2.75) is 5.41 Å². The first-order valence-corrected chi connectivity index (χ1v) is 19.8. The van der Waals surface area contributed by atoms with E-state index in [0.29, 0.717) is 17.5 Å². The highest BCUT2D eigenvalue weighted by Gasteiger charge is 2.49. The molecule has 0 amide bonds. The topological polar surface area (TPSA) is 38.7 Å². The van der Waals surface area contributed by atoms with Crippen LogP contribution in [0.2, 0.25) is 0 Å². The molecule has 12 rings (SSSR count). The summed E-state index contributed by atoms with van der Waals surface area (Å²) in [7, 11) is 0. The lowest BCUT2D eigenvalue weighted by Crippen LogP contribution is -2.29. The maximum atomic E-state index is 5.29. The molecule has 0 fully saturated rings. The first-order valence-electron chi connectivity index (χ1n) is 19.0. The van der Waals surface area contributed by atoms with Crippen molar-refractivity contribution >= 4 is 31.5 Å². The molecule has 0 radical (unpaired) electrons. The van der Waals surface area contributed by atoms with Crippen LogP contribution in [0.1, 0.15) is 22.3 Å². The number of rotatable bonds is 3. The van der Waals surface area contributed by atoms with Crippen molar-refractivity contribution in [1.29, 1.82) is 0 Å². The van der Waals surface area contributed by atoms with Crippen LogP contribution >= 0.6 is 11.3 Å². The minimum Gasteiger partial charge on any atom is -0.208 e. The van der Waals surface area contributed by atoms with Crippen LogP contribution in [0.25, 0.3) is 87.7 Å². The van der Waals surface area contributed by atoms with Crippen molar-refractivity contribution < 1.29 is 0 Å². The van der Waals surface area contributed by atoms with Crippen molar-refractivity contribution in [3.63, 3.8) is 0 Å². The van der Waals surface area contributed by atoms with Crippen LogP contribution < -0.4 is 0 Å². The lowest BCUT2D eigenvalue weighted by molar-refractivity contribution is 0.775. The van der Waals surface area contributed by atoms with Crippen LogP contribution in [0, 0.1) is 0 Å².